The van der Waals surface area contributed by atoms with Gasteiger partial charge in [-0.2, -0.15) is 0 Å². The van der Waals surface area contributed by atoms with Gasteiger partial charge in [-0.05, 0) is 36.4 Å². The van der Waals surface area contributed by atoms with Gasteiger partial charge in [0.15, 0.2) is 0 Å². The van der Waals surface area contributed by atoms with Gasteiger partial charge in [0.05, 0.1) is 33.2 Å². The number of hydrogen-bond donors (Lipinski definition) is 1. The largest absolute Gasteiger partial charge is 0.465 e. The Hall–Kier alpha value is -3.96. The van der Waals surface area contributed by atoms with Gasteiger partial charge in [-0.15, -0.1) is 0 Å². The number of sulfonamides is 1. The Morgan fingerprint density at radius 1 is 1.06 bits per heavy atom. The van der Waals surface area contributed by atoms with E-state index in [1.165, 1.54) is 67.8 Å². The van der Waals surface area contributed by atoms with E-state index in [1.807, 2.05) is 0 Å². The number of amides is 1. The van der Waals surface area contributed by atoms with Gasteiger partial charge in [0.2, 0.25) is 5.91 Å². The van der Waals surface area contributed by atoms with Crippen molar-refractivity contribution in [3.8, 4) is 0 Å². The first-order valence-electron chi connectivity index (χ1n) is 9.64. The van der Waals surface area contributed by atoms with E-state index in [9.17, 15) is 28.1 Å². The fourth-order valence-corrected chi connectivity index (χ4v) is 4.66. The van der Waals surface area contributed by atoms with Crippen molar-refractivity contribution in [2.45, 2.75) is 4.90 Å². The molecule has 0 aliphatic heterocycles. The molecule has 3 rings (SSSR count). The zero-order chi connectivity index (χ0) is 24.9. The minimum Gasteiger partial charge on any atom is -0.465 e. The highest BCUT2D eigenvalue weighted by Gasteiger charge is 2.32. The maximum Gasteiger partial charge on any atom is 0.337 e. The first kappa shape index (κ1) is 24.7. The standard InChI is InChI=1S/C22H18ClN3O7S/c1-33-22(28)15-11-12-17(23)18(13-15)24-21(27)14-25(19-9-5-6-10-20(19)26(29)30)34(31,32)16-7-3-2-4-8-16/h2-13H,14H2,1H3,(H,24,27). The molecule has 0 bridgehead atoms. The van der Waals surface area contributed by atoms with Crippen LogP contribution in [-0.2, 0) is 19.6 Å². The zero-order valence-electron chi connectivity index (χ0n) is 17.7. The van der Waals surface area contributed by atoms with Gasteiger partial charge in [-0.1, -0.05) is 41.9 Å². The van der Waals surface area contributed by atoms with Crippen molar-refractivity contribution in [2.24, 2.45) is 0 Å². The highest BCUT2D eigenvalue weighted by Crippen LogP contribution is 2.32. The van der Waals surface area contributed by atoms with E-state index >= 15 is 0 Å². The number of hydrogen-bond acceptors (Lipinski definition) is 7. The molecule has 0 unspecified atom stereocenters. The van der Waals surface area contributed by atoms with Crippen molar-refractivity contribution >= 4 is 50.6 Å². The minimum atomic E-state index is -4.37. The van der Waals surface area contributed by atoms with Gasteiger partial charge in [0.1, 0.15) is 12.2 Å². The van der Waals surface area contributed by atoms with Crippen LogP contribution in [-0.4, -0.2) is 38.9 Å². The van der Waals surface area contributed by atoms with Crippen LogP contribution in [0.15, 0.2) is 77.7 Å². The average Bonchev–Trinajstić information content (AvgIpc) is 2.83. The van der Waals surface area contributed by atoms with Crippen LogP contribution < -0.4 is 9.62 Å². The van der Waals surface area contributed by atoms with Gasteiger partial charge >= 0.3 is 5.97 Å². The van der Waals surface area contributed by atoms with E-state index in [1.54, 1.807) is 6.07 Å². The third kappa shape index (κ3) is 5.33. The summed E-state index contributed by atoms with van der Waals surface area (Å²) in [7, 11) is -3.18. The van der Waals surface area contributed by atoms with E-state index in [0.29, 0.717) is 4.31 Å². The summed E-state index contributed by atoms with van der Waals surface area (Å²) in [6.07, 6.45) is 0. The number of nitrogens with zero attached hydrogens (tertiary/aromatic N) is 2. The van der Waals surface area contributed by atoms with Crippen LogP contribution in [0.2, 0.25) is 5.02 Å². The number of halogens is 1. The molecule has 0 aliphatic rings. The molecule has 12 heteroatoms. The number of methoxy groups -OCH3 is 1. The third-order valence-electron chi connectivity index (χ3n) is 4.63. The van der Waals surface area contributed by atoms with Crippen LogP contribution in [0, 0.1) is 10.1 Å². The van der Waals surface area contributed by atoms with Crippen molar-refractivity contribution in [1.82, 2.24) is 0 Å². The molecule has 1 N–H and O–H groups in total. The number of nitrogens with one attached hydrogen (secondary N) is 1. The van der Waals surface area contributed by atoms with E-state index < -0.39 is 39.1 Å². The van der Waals surface area contributed by atoms with Gasteiger partial charge < -0.3 is 10.1 Å². The molecule has 0 aromatic heterocycles. The second kappa shape index (κ2) is 10.3. The lowest BCUT2D eigenvalue weighted by molar-refractivity contribution is -0.384. The number of carbonyl (C=O) groups excluding carboxylic acids is 2. The number of esters is 1. The van der Waals surface area contributed by atoms with Crippen LogP contribution in [0.4, 0.5) is 17.1 Å². The van der Waals surface area contributed by atoms with Gasteiger partial charge in [0.25, 0.3) is 15.7 Å². The first-order valence-corrected chi connectivity index (χ1v) is 11.5. The summed E-state index contributed by atoms with van der Waals surface area (Å²) in [6, 6.07) is 16.4. The average molecular weight is 504 g/mol. The summed E-state index contributed by atoms with van der Waals surface area (Å²) in [5.41, 5.74) is -0.648. The number of anilines is 2. The lowest BCUT2D eigenvalue weighted by atomic mass is 10.2. The summed E-state index contributed by atoms with van der Waals surface area (Å²) in [5, 5.41) is 14.1. The minimum absolute atomic E-state index is 0.0363. The quantitative estimate of drug-likeness (QED) is 0.280. The number of carbonyl (C=O) groups is 2. The van der Waals surface area contributed by atoms with Gasteiger partial charge in [-0.25, -0.2) is 17.5 Å². The fraction of sp³-hybridized carbons (Fsp3) is 0.0909. The Morgan fingerprint density at radius 2 is 1.71 bits per heavy atom. The first-order chi connectivity index (χ1) is 16.1. The van der Waals surface area contributed by atoms with E-state index in [0.717, 1.165) is 6.07 Å². The lowest BCUT2D eigenvalue weighted by Gasteiger charge is -2.24. The highest BCUT2D eigenvalue weighted by molar-refractivity contribution is 7.92. The number of ether oxygens (including phenoxy) is 1. The van der Waals surface area contributed by atoms with Crippen LogP contribution in [0.3, 0.4) is 0 Å². The predicted molar refractivity (Wildman–Crippen MR) is 125 cm³/mol. The predicted octanol–water partition coefficient (Wildman–Crippen LogP) is 3.87. The zero-order valence-corrected chi connectivity index (χ0v) is 19.2. The molecule has 0 heterocycles. The van der Waals surface area contributed by atoms with Crippen LogP contribution in [0.5, 0.6) is 0 Å². The Labute approximate surface area is 199 Å². The second-order valence-electron chi connectivity index (χ2n) is 6.80. The molecule has 3 aromatic rings. The van der Waals surface area contributed by atoms with E-state index in [4.69, 9.17) is 11.6 Å². The van der Waals surface area contributed by atoms with Crippen LogP contribution in [0.1, 0.15) is 10.4 Å². The number of nitro benzene ring substituents is 1. The molecule has 0 atom stereocenters. The second-order valence-corrected chi connectivity index (χ2v) is 9.07. The monoisotopic (exact) mass is 503 g/mol. The fourth-order valence-electron chi connectivity index (χ4n) is 3.03. The number of nitro groups is 1. The molecule has 0 fully saturated rings. The molecule has 0 aliphatic carbocycles. The Balaban J connectivity index is 2.02. The maximum absolute atomic E-state index is 13.4. The normalized spacial score (nSPS) is 10.9. The smallest absolute Gasteiger partial charge is 0.337 e. The number of benzene rings is 3. The molecule has 176 valence electrons. The Morgan fingerprint density at radius 3 is 2.35 bits per heavy atom. The van der Waals surface area contributed by atoms with Crippen molar-refractivity contribution in [3.05, 3.63) is 93.5 Å². The third-order valence-corrected chi connectivity index (χ3v) is 6.73. The molecular weight excluding hydrogens is 486 g/mol. The molecule has 0 saturated heterocycles. The van der Waals surface area contributed by atoms with Gasteiger partial charge in [0, 0.05) is 6.07 Å². The van der Waals surface area contributed by atoms with Crippen molar-refractivity contribution in [2.75, 3.05) is 23.3 Å². The summed E-state index contributed by atoms with van der Waals surface area (Å²) < 4.78 is 32.1. The van der Waals surface area contributed by atoms with Crippen molar-refractivity contribution in [3.63, 3.8) is 0 Å². The number of rotatable bonds is 8. The molecule has 0 saturated carbocycles. The summed E-state index contributed by atoms with van der Waals surface area (Å²) in [6.45, 7) is -0.805. The van der Waals surface area contributed by atoms with Crippen LogP contribution in [0.25, 0.3) is 0 Å². The van der Waals surface area contributed by atoms with E-state index in [-0.39, 0.29) is 26.9 Å². The number of para-hydroxylation sites is 2. The van der Waals surface area contributed by atoms with E-state index in [2.05, 4.69) is 10.1 Å². The maximum atomic E-state index is 13.4. The molecule has 0 spiro atoms. The molecule has 0 radical (unpaired) electrons. The topological polar surface area (TPSA) is 136 Å². The molecule has 10 nitrogen and oxygen atoms in total. The Bertz CT molecular complexity index is 1350. The SMILES string of the molecule is COC(=O)c1ccc(Cl)c(NC(=O)CN(c2ccccc2[N+](=O)[O-])S(=O)(=O)c2ccccc2)c1. The molecule has 3 aromatic carbocycles. The van der Waals surface area contributed by atoms with Gasteiger partial charge in [-0.3, -0.25) is 14.9 Å². The lowest BCUT2D eigenvalue weighted by Crippen LogP contribution is -2.38. The van der Waals surface area contributed by atoms with Crippen molar-refractivity contribution < 1.29 is 27.7 Å². The molecule has 34 heavy (non-hydrogen) atoms. The van der Waals surface area contributed by atoms with Crippen molar-refractivity contribution in [1.29, 1.82) is 0 Å². The summed E-state index contributed by atoms with van der Waals surface area (Å²) in [5.74, 6) is -1.51. The highest BCUT2D eigenvalue weighted by atomic mass is 35.5. The summed E-state index contributed by atoms with van der Waals surface area (Å²) >= 11 is 6.11. The Kier molecular flexibility index (Phi) is 7.49. The molecular formula is C22H18ClN3O7S. The van der Waals surface area contributed by atoms with Crippen LogP contribution >= 0.6 is 11.6 Å². The summed E-state index contributed by atoms with van der Waals surface area (Å²) in [4.78, 5) is 35.3. The molecule has 1 amide bonds.